The predicted octanol–water partition coefficient (Wildman–Crippen LogP) is 2.66. The summed E-state index contributed by atoms with van der Waals surface area (Å²) in [5.74, 6) is -1.28. The number of carbonyl (C=O) groups is 1. The van der Waals surface area contributed by atoms with Gasteiger partial charge in [-0.3, -0.25) is 0 Å². The summed E-state index contributed by atoms with van der Waals surface area (Å²) < 4.78 is 10.4. The van der Waals surface area contributed by atoms with Gasteiger partial charge in [-0.1, -0.05) is 13.3 Å². The zero-order chi connectivity index (χ0) is 13.4. The molecule has 1 fully saturated rings. The Labute approximate surface area is 108 Å². The van der Waals surface area contributed by atoms with E-state index in [0.29, 0.717) is 19.4 Å². The Morgan fingerprint density at radius 1 is 1.56 bits per heavy atom. The highest BCUT2D eigenvalue weighted by Crippen LogP contribution is 2.35. The Bertz CT molecular complexity index is 289. The summed E-state index contributed by atoms with van der Waals surface area (Å²) in [5, 5.41) is 8.98. The Balaban J connectivity index is 2.45. The summed E-state index contributed by atoms with van der Waals surface area (Å²) in [6.45, 7) is 4.18. The minimum Gasteiger partial charge on any atom is -0.463 e. The molecule has 0 amide bonds. The van der Waals surface area contributed by atoms with E-state index in [1.165, 1.54) is 6.08 Å². The normalized spacial score (nSPS) is 27.8. The van der Waals surface area contributed by atoms with Gasteiger partial charge in [-0.25, -0.2) is 14.9 Å². The topological polar surface area (TPSA) is 65.0 Å². The van der Waals surface area contributed by atoms with Crippen LogP contribution in [-0.4, -0.2) is 29.7 Å². The van der Waals surface area contributed by atoms with Crippen molar-refractivity contribution in [3.05, 3.63) is 12.2 Å². The molecule has 1 N–H and O–H groups in total. The molecule has 1 aliphatic rings. The molecule has 0 saturated carbocycles. The molecule has 0 spiro atoms. The van der Waals surface area contributed by atoms with Gasteiger partial charge in [0, 0.05) is 18.9 Å². The van der Waals surface area contributed by atoms with Crippen LogP contribution in [0.3, 0.4) is 0 Å². The minimum absolute atomic E-state index is 0.210. The zero-order valence-electron chi connectivity index (χ0n) is 11.1. The number of hydrogen-bond donors (Lipinski definition) is 1. The van der Waals surface area contributed by atoms with E-state index in [2.05, 4.69) is 11.8 Å². The molecule has 0 aromatic heterocycles. The molecule has 5 heteroatoms. The summed E-state index contributed by atoms with van der Waals surface area (Å²) in [4.78, 5) is 15.7. The SMILES string of the molecule is CCCC[C@]1(OO)CC[C@@H](/C=C/C(=O)OCC)O1. The second-order valence-electron chi connectivity index (χ2n) is 4.41. The number of esters is 1. The summed E-state index contributed by atoms with van der Waals surface area (Å²) in [6, 6.07) is 0. The lowest BCUT2D eigenvalue weighted by Crippen LogP contribution is -2.31. The third-order valence-corrected chi connectivity index (χ3v) is 2.99. The third kappa shape index (κ3) is 4.40. The van der Waals surface area contributed by atoms with Crippen molar-refractivity contribution in [3.8, 4) is 0 Å². The summed E-state index contributed by atoms with van der Waals surface area (Å²) >= 11 is 0. The van der Waals surface area contributed by atoms with Gasteiger partial charge in [-0.2, -0.15) is 0 Å². The highest BCUT2D eigenvalue weighted by Gasteiger charge is 2.40. The molecule has 1 heterocycles. The van der Waals surface area contributed by atoms with Crippen LogP contribution in [0.4, 0.5) is 0 Å². The highest BCUT2D eigenvalue weighted by molar-refractivity contribution is 5.81. The first kappa shape index (κ1) is 15.1. The van der Waals surface area contributed by atoms with Crippen molar-refractivity contribution >= 4 is 5.97 Å². The van der Waals surface area contributed by atoms with Crippen LogP contribution < -0.4 is 0 Å². The number of hydrogen-bond acceptors (Lipinski definition) is 5. The van der Waals surface area contributed by atoms with Crippen molar-refractivity contribution in [2.75, 3.05) is 6.61 Å². The van der Waals surface area contributed by atoms with Gasteiger partial charge in [0.05, 0.1) is 12.7 Å². The van der Waals surface area contributed by atoms with Crippen LogP contribution >= 0.6 is 0 Å². The van der Waals surface area contributed by atoms with Gasteiger partial charge in [0.25, 0.3) is 0 Å². The molecule has 5 nitrogen and oxygen atoms in total. The Hall–Kier alpha value is -0.910. The van der Waals surface area contributed by atoms with Crippen LogP contribution in [0.2, 0.25) is 0 Å². The van der Waals surface area contributed by atoms with Crippen molar-refractivity contribution in [3.63, 3.8) is 0 Å². The lowest BCUT2D eigenvalue weighted by atomic mass is 10.1. The molecule has 1 aliphatic heterocycles. The maximum atomic E-state index is 11.2. The molecule has 2 atom stereocenters. The van der Waals surface area contributed by atoms with E-state index >= 15 is 0 Å². The Morgan fingerprint density at radius 2 is 2.33 bits per heavy atom. The van der Waals surface area contributed by atoms with E-state index in [4.69, 9.17) is 14.7 Å². The van der Waals surface area contributed by atoms with Crippen LogP contribution in [0.25, 0.3) is 0 Å². The smallest absolute Gasteiger partial charge is 0.330 e. The van der Waals surface area contributed by atoms with Gasteiger partial charge in [0.1, 0.15) is 0 Å². The molecule has 18 heavy (non-hydrogen) atoms. The number of ether oxygens (including phenoxy) is 2. The van der Waals surface area contributed by atoms with Crippen molar-refractivity contribution in [2.24, 2.45) is 0 Å². The summed E-state index contributed by atoms with van der Waals surface area (Å²) in [5.41, 5.74) is 0. The highest BCUT2D eigenvalue weighted by atomic mass is 17.1. The molecule has 0 unspecified atom stereocenters. The first-order valence-electron chi connectivity index (χ1n) is 6.51. The Morgan fingerprint density at radius 3 is 2.94 bits per heavy atom. The maximum absolute atomic E-state index is 11.2. The quantitative estimate of drug-likeness (QED) is 0.329. The first-order chi connectivity index (χ1) is 8.65. The van der Waals surface area contributed by atoms with Crippen molar-refractivity contribution in [1.82, 2.24) is 0 Å². The molecule has 0 bridgehead atoms. The molecule has 0 radical (unpaired) electrons. The van der Waals surface area contributed by atoms with Crippen LogP contribution in [0.1, 0.15) is 46.0 Å². The van der Waals surface area contributed by atoms with Crippen molar-refractivity contribution < 1.29 is 24.4 Å². The van der Waals surface area contributed by atoms with Crippen LogP contribution in [0, 0.1) is 0 Å². The van der Waals surface area contributed by atoms with E-state index < -0.39 is 5.79 Å². The van der Waals surface area contributed by atoms with Gasteiger partial charge in [0.2, 0.25) is 5.79 Å². The van der Waals surface area contributed by atoms with Gasteiger partial charge in [0.15, 0.2) is 0 Å². The molecule has 1 saturated heterocycles. The minimum atomic E-state index is -0.903. The molecule has 104 valence electrons. The molecule has 1 rings (SSSR count). The molecule has 0 aromatic rings. The van der Waals surface area contributed by atoms with E-state index in [1.54, 1.807) is 13.0 Å². The van der Waals surface area contributed by atoms with Crippen LogP contribution in [0.5, 0.6) is 0 Å². The lowest BCUT2D eigenvalue weighted by molar-refractivity contribution is -0.398. The Kier molecular flexibility index (Phi) is 6.32. The van der Waals surface area contributed by atoms with Gasteiger partial charge >= 0.3 is 5.97 Å². The summed E-state index contributed by atoms with van der Waals surface area (Å²) in [6.07, 6.45) is 6.75. The predicted molar refractivity (Wildman–Crippen MR) is 65.8 cm³/mol. The number of rotatable bonds is 7. The monoisotopic (exact) mass is 258 g/mol. The lowest BCUT2D eigenvalue weighted by Gasteiger charge is -2.24. The van der Waals surface area contributed by atoms with E-state index in [1.807, 2.05) is 0 Å². The fourth-order valence-corrected chi connectivity index (χ4v) is 2.01. The number of unbranched alkanes of at least 4 members (excludes halogenated alkanes) is 1. The summed E-state index contributed by atoms with van der Waals surface area (Å²) in [7, 11) is 0. The average Bonchev–Trinajstić information content (AvgIpc) is 2.79. The molecule has 0 aromatic carbocycles. The van der Waals surface area contributed by atoms with Crippen LogP contribution in [0.15, 0.2) is 12.2 Å². The average molecular weight is 258 g/mol. The third-order valence-electron chi connectivity index (χ3n) is 2.99. The fraction of sp³-hybridized carbons (Fsp3) is 0.769. The molecular formula is C13H22O5. The van der Waals surface area contributed by atoms with E-state index in [9.17, 15) is 4.79 Å². The largest absolute Gasteiger partial charge is 0.463 e. The maximum Gasteiger partial charge on any atom is 0.330 e. The van der Waals surface area contributed by atoms with E-state index in [0.717, 1.165) is 19.3 Å². The fourth-order valence-electron chi connectivity index (χ4n) is 2.01. The standard InChI is InChI=1S/C13H22O5/c1-3-5-9-13(18-15)10-8-11(17-13)6-7-12(14)16-4-2/h6-7,11,15H,3-5,8-10H2,1-2H3/b7-6+/t11-,13+/m1/s1. The zero-order valence-corrected chi connectivity index (χ0v) is 11.1. The first-order valence-corrected chi connectivity index (χ1v) is 6.51. The second kappa shape index (κ2) is 7.51. The number of carbonyl (C=O) groups excluding carboxylic acids is 1. The van der Waals surface area contributed by atoms with Crippen molar-refractivity contribution in [1.29, 1.82) is 0 Å². The van der Waals surface area contributed by atoms with Crippen molar-refractivity contribution in [2.45, 2.75) is 57.8 Å². The molecule has 0 aliphatic carbocycles. The molecular weight excluding hydrogens is 236 g/mol. The van der Waals surface area contributed by atoms with E-state index in [-0.39, 0.29) is 12.1 Å². The second-order valence-corrected chi connectivity index (χ2v) is 4.41. The van der Waals surface area contributed by atoms with Gasteiger partial charge in [-0.15, -0.1) is 0 Å². The van der Waals surface area contributed by atoms with Crippen LogP contribution in [-0.2, 0) is 19.2 Å². The van der Waals surface area contributed by atoms with Gasteiger partial charge in [-0.05, 0) is 25.8 Å². The van der Waals surface area contributed by atoms with Gasteiger partial charge < -0.3 is 9.47 Å².